The number of ether oxygens (including phenoxy) is 1. The van der Waals surface area contributed by atoms with Crippen LogP contribution in [0.4, 0.5) is 0 Å². The van der Waals surface area contributed by atoms with Crippen molar-refractivity contribution in [2.75, 3.05) is 13.2 Å². The highest BCUT2D eigenvalue weighted by atomic mass is 16.5. The number of rotatable bonds is 7. The van der Waals surface area contributed by atoms with E-state index in [0.717, 1.165) is 18.7 Å². The van der Waals surface area contributed by atoms with E-state index in [1.165, 1.54) is 31.2 Å². The van der Waals surface area contributed by atoms with Crippen molar-refractivity contribution in [3.8, 4) is 5.75 Å². The smallest absolute Gasteiger partial charge is 0.137 e. The number of aromatic nitrogens is 1. The van der Waals surface area contributed by atoms with Crippen LogP contribution in [-0.2, 0) is 0 Å². The Morgan fingerprint density at radius 3 is 2.90 bits per heavy atom. The molecule has 2 rings (SSSR count). The van der Waals surface area contributed by atoms with E-state index in [1.807, 2.05) is 13.1 Å². The Kier molecular flexibility index (Phi) is 6.06. The molecule has 1 N–H and O–H groups in total. The number of hydrogen-bond donors (Lipinski definition) is 1. The number of pyridine rings is 1. The Balaban J connectivity index is 2.10. The molecule has 3 heteroatoms. The highest BCUT2D eigenvalue weighted by Crippen LogP contribution is 2.28. The zero-order chi connectivity index (χ0) is 14.2. The molecule has 20 heavy (non-hydrogen) atoms. The third-order valence-corrected chi connectivity index (χ3v) is 3.75. The largest absolute Gasteiger partial charge is 0.492 e. The van der Waals surface area contributed by atoms with Crippen LogP contribution < -0.4 is 10.1 Å². The summed E-state index contributed by atoms with van der Waals surface area (Å²) in [6, 6.07) is 2.46. The van der Waals surface area contributed by atoms with E-state index in [0.29, 0.717) is 12.6 Å². The Morgan fingerprint density at radius 2 is 2.20 bits per heavy atom. The molecule has 1 aromatic rings. The molecule has 1 unspecified atom stereocenters. The fourth-order valence-corrected chi connectivity index (χ4v) is 2.78. The van der Waals surface area contributed by atoms with Crippen molar-refractivity contribution in [1.82, 2.24) is 10.3 Å². The van der Waals surface area contributed by atoms with Crippen LogP contribution in [0.2, 0.25) is 0 Å². The van der Waals surface area contributed by atoms with E-state index < -0.39 is 0 Å². The van der Waals surface area contributed by atoms with Gasteiger partial charge in [0.1, 0.15) is 5.75 Å². The number of nitrogens with one attached hydrogen (secondary N) is 1. The Hall–Kier alpha value is -1.35. The van der Waals surface area contributed by atoms with Gasteiger partial charge in [-0.15, -0.1) is 0 Å². The van der Waals surface area contributed by atoms with Crippen molar-refractivity contribution in [2.45, 2.75) is 52.0 Å². The summed E-state index contributed by atoms with van der Waals surface area (Å²) < 4.78 is 5.56. The summed E-state index contributed by atoms with van der Waals surface area (Å²) in [6.07, 6.45) is 12.4. The lowest BCUT2D eigenvalue weighted by molar-refractivity contribution is 0.337. The van der Waals surface area contributed by atoms with Gasteiger partial charge >= 0.3 is 0 Å². The first-order valence-electron chi connectivity index (χ1n) is 7.82. The minimum absolute atomic E-state index is 0.345. The molecule has 1 heterocycles. The summed E-state index contributed by atoms with van der Waals surface area (Å²) in [6.45, 7) is 5.81. The van der Waals surface area contributed by atoms with Gasteiger partial charge in [-0.05, 0) is 57.2 Å². The highest BCUT2D eigenvalue weighted by Gasteiger charge is 2.15. The summed E-state index contributed by atoms with van der Waals surface area (Å²) in [5.41, 5.74) is 2.81. The molecule has 0 amide bonds. The van der Waals surface area contributed by atoms with Crippen LogP contribution in [0.15, 0.2) is 30.1 Å². The third kappa shape index (κ3) is 4.34. The molecule has 1 atom stereocenters. The minimum Gasteiger partial charge on any atom is -0.492 e. The van der Waals surface area contributed by atoms with Crippen LogP contribution in [0.5, 0.6) is 5.75 Å². The van der Waals surface area contributed by atoms with Crippen molar-refractivity contribution in [2.24, 2.45) is 0 Å². The Bertz CT molecular complexity index is 442. The zero-order valence-corrected chi connectivity index (χ0v) is 12.7. The predicted molar refractivity (Wildman–Crippen MR) is 83.0 cm³/mol. The van der Waals surface area contributed by atoms with Gasteiger partial charge in [0, 0.05) is 12.2 Å². The van der Waals surface area contributed by atoms with Gasteiger partial charge in [-0.1, -0.05) is 18.6 Å². The first-order chi connectivity index (χ1) is 9.83. The van der Waals surface area contributed by atoms with Gasteiger partial charge < -0.3 is 10.1 Å². The fraction of sp³-hybridized carbons (Fsp3) is 0.588. The molecule has 110 valence electrons. The minimum atomic E-state index is 0.345. The van der Waals surface area contributed by atoms with E-state index >= 15 is 0 Å². The molecule has 3 nitrogen and oxygen atoms in total. The second-order valence-corrected chi connectivity index (χ2v) is 5.31. The molecule has 1 aliphatic rings. The zero-order valence-electron chi connectivity index (χ0n) is 12.7. The van der Waals surface area contributed by atoms with E-state index in [-0.39, 0.29) is 0 Å². The van der Waals surface area contributed by atoms with Crippen molar-refractivity contribution < 1.29 is 4.74 Å². The SMILES string of the molecule is CCNC(CC1=CCCCC1)c1cncc(OCC)c1. The quantitative estimate of drug-likeness (QED) is 0.762. The molecule has 0 aliphatic heterocycles. The van der Waals surface area contributed by atoms with Gasteiger partial charge in [0.2, 0.25) is 0 Å². The molecule has 0 saturated heterocycles. The molecule has 0 saturated carbocycles. The summed E-state index contributed by atoms with van der Waals surface area (Å²) in [5, 5.41) is 3.58. The average Bonchev–Trinajstić information content (AvgIpc) is 2.49. The Morgan fingerprint density at radius 1 is 1.30 bits per heavy atom. The summed E-state index contributed by atoms with van der Waals surface area (Å²) in [7, 11) is 0. The lowest BCUT2D eigenvalue weighted by atomic mass is 9.92. The number of nitrogens with zero attached hydrogens (tertiary/aromatic N) is 1. The van der Waals surface area contributed by atoms with Crippen LogP contribution in [0.25, 0.3) is 0 Å². The number of allylic oxidation sites excluding steroid dienone is 1. The van der Waals surface area contributed by atoms with Gasteiger partial charge in [0.15, 0.2) is 0 Å². The molecule has 1 aromatic heterocycles. The molecule has 0 bridgehead atoms. The van der Waals surface area contributed by atoms with Crippen molar-refractivity contribution in [3.05, 3.63) is 35.7 Å². The van der Waals surface area contributed by atoms with E-state index in [1.54, 1.807) is 11.8 Å². The molecular formula is C17H26N2O. The Labute approximate surface area is 122 Å². The standard InChI is InChI=1S/C17H26N2O/c1-3-19-17(10-14-8-6-5-7-9-14)15-11-16(20-4-2)13-18-12-15/h8,11-13,17,19H,3-7,9-10H2,1-2H3. The van der Waals surface area contributed by atoms with Crippen LogP contribution in [-0.4, -0.2) is 18.1 Å². The fourth-order valence-electron chi connectivity index (χ4n) is 2.78. The summed E-state index contributed by atoms with van der Waals surface area (Å²) in [5.74, 6) is 0.866. The van der Waals surface area contributed by atoms with Crippen LogP contribution in [0, 0.1) is 0 Å². The van der Waals surface area contributed by atoms with Crippen molar-refractivity contribution in [1.29, 1.82) is 0 Å². The molecule has 0 spiro atoms. The topological polar surface area (TPSA) is 34.2 Å². The van der Waals surface area contributed by atoms with Crippen LogP contribution in [0.1, 0.15) is 57.6 Å². The second-order valence-electron chi connectivity index (χ2n) is 5.31. The molecule has 0 radical (unpaired) electrons. The number of hydrogen-bond acceptors (Lipinski definition) is 3. The first kappa shape index (κ1) is 15.0. The van der Waals surface area contributed by atoms with Crippen molar-refractivity contribution >= 4 is 0 Å². The maximum atomic E-state index is 5.56. The van der Waals surface area contributed by atoms with E-state index in [9.17, 15) is 0 Å². The lowest BCUT2D eigenvalue weighted by Crippen LogP contribution is -2.22. The van der Waals surface area contributed by atoms with Gasteiger partial charge in [0.25, 0.3) is 0 Å². The van der Waals surface area contributed by atoms with E-state index in [4.69, 9.17) is 4.74 Å². The molecular weight excluding hydrogens is 248 g/mol. The second kappa shape index (κ2) is 8.05. The molecule has 0 fully saturated rings. The maximum Gasteiger partial charge on any atom is 0.137 e. The van der Waals surface area contributed by atoms with Gasteiger partial charge in [-0.3, -0.25) is 4.98 Å². The predicted octanol–water partition coefficient (Wildman–Crippen LogP) is 4.02. The van der Waals surface area contributed by atoms with Crippen LogP contribution in [0.3, 0.4) is 0 Å². The van der Waals surface area contributed by atoms with E-state index in [2.05, 4.69) is 29.4 Å². The average molecular weight is 274 g/mol. The van der Waals surface area contributed by atoms with Crippen LogP contribution >= 0.6 is 0 Å². The van der Waals surface area contributed by atoms with Crippen molar-refractivity contribution in [3.63, 3.8) is 0 Å². The van der Waals surface area contributed by atoms with Gasteiger partial charge in [-0.25, -0.2) is 0 Å². The van der Waals surface area contributed by atoms with Gasteiger partial charge in [-0.2, -0.15) is 0 Å². The monoisotopic (exact) mass is 274 g/mol. The third-order valence-electron chi connectivity index (χ3n) is 3.75. The maximum absolute atomic E-state index is 5.56. The molecule has 1 aliphatic carbocycles. The first-order valence-corrected chi connectivity index (χ1v) is 7.82. The molecule has 0 aromatic carbocycles. The summed E-state index contributed by atoms with van der Waals surface area (Å²) in [4.78, 5) is 4.32. The van der Waals surface area contributed by atoms with Gasteiger partial charge in [0.05, 0.1) is 12.8 Å². The lowest BCUT2D eigenvalue weighted by Gasteiger charge is -2.22. The normalized spacial score (nSPS) is 16.6. The highest BCUT2D eigenvalue weighted by molar-refractivity contribution is 5.27. The summed E-state index contributed by atoms with van der Waals surface area (Å²) >= 11 is 0.